The molecular weight excluding hydrogens is 234 g/mol. The van der Waals surface area contributed by atoms with Gasteiger partial charge < -0.3 is 5.73 Å². The third kappa shape index (κ3) is 3.19. The Hall–Kier alpha value is -0.830. The van der Waals surface area contributed by atoms with Crippen molar-refractivity contribution in [1.82, 2.24) is 9.78 Å². The van der Waals surface area contributed by atoms with Gasteiger partial charge in [-0.25, -0.2) is 0 Å². The van der Waals surface area contributed by atoms with E-state index in [0.29, 0.717) is 6.04 Å². The molecule has 19 heavy (non-hydrogen) atoms. The fourth-order valence-corrected chi connectivity index (χ4v) is 3.47. The van der Waals surface area contributed by atoms with Crippen LogP contribution in [0.4, 0.5) is 0 Å². The van der Waals surface area contributed by atoms with Crippen molar-refractivity contribution in [3.8, 4) is 0 Å². The number of nitrogens with zero attached hydrogens (tertiary/aromatic N) is 2. The molecule has 1 heterocycles. The molecule has 1 aromatic heterocycles. The summed E-state index contributed by atoms with van der Waals surface area (Å²) in [6.07, 6.45) is 7.59. The summed E-state index contributed by atoms with van der Waals surface area (Å²) in [4.78, 5) is 0. The van der Waals surface area contributed by atoms with Crippen LogP contribution in [0.25, 0.3) is 0 Å². The molecule has 3 heteroatoms. The van der Waals surface area contributed by atoms with E-state index >= 15 is 0 Å². The van der Waals surface area contributed by atoms with Crippen LogP contribution in [-0.2, 0) is 6.42 Å². The summed E-state index contributed by atoms with van der Waals surface area (Å²) in [5.74, 6) is 0.941. The zero-order valence-electron chi connectivity index (χ0n) is 12.9. The normalized spacial score (nSPS) is 25.5. The summed E-state index contributed by atoms with van der Waals surface area (Å²) in [7, 11) is 0. The van der Waals surface area contributed by atoms with Gasteiger partial charge >= 0.3 is 0 Å². The van der Waals surface area contributed by atoms with Crippen LogP contribution in [0.5, 0.6) is 0 Å². The maximum Gasteiger partial charge on any atom is 0.0629 e. The van der Waals surface area contributed by atoms with E-state index in [9.17, 15) is 0 Å². The molecule has 0 saturated heterocycles. The highest BCUT2D eigenvalue weighted by Crippen LogP contribution is 2.34. The van der Waals surface area contributed by atoms with Crippen molar-refractivity contribution in [2.75, 3.05) is 0 Å². The lowest BCUT2D eigenvalue weighted by molar-refractivity contribution is 0.253. The second kappa shape index (κ2) is 6.08. The molecule has 1 atom stereocenters. The molecule has 108 valence electrons. The Morgan fingerprint density at radius 1 is 1.26 bits per heavy atom. The fraction of sp³-hybridized carbons (Fsp3) is 0.812. The average Bonchev–Trinajstić information content (AvgIpc) is 2.66. The maximum absolute atomic E-state index is 5.95. The number of nitrogens with two attached hydrogens (primary N) is 1. The lowest BCUT2D eigenvalue weighted by Gasteiger charge is -2.28. The molecular formula is C16H29N3. The van der Waals surface area contributed by atoms with Crippen molar-refractivity contribution in [3.05, 3.63) is 17.0 Å². The van der Waals surface area contributed by atoms with E-state index in [0.717, 1.165) is 12.3 Å². The molecule has 0 aromatic carbocycles. The van der Waals surface area contributed by atoms with Crippen molar-refractivity contribution in [1.29, 1.82) is 0 Å². The average molecular weight is 263 g/mol. The number of rotatable bonds is 4. The van der Waals surface area contributed by atoms with Crippen molar-refractivity contribution in [2.24, 2.45) is 11.7 Å². The molecule has 1 unspecified atom stereocenters. The summed E-state index contributed by atoms with van der Waals surface area (Å²) in [6.45, 7) is 8.72. The number of aromatic nitrogens is 2. The van der Waals surface area contributed by atoms with Gasteiger partial charge in [-0.3, -0.25) is 4.68 Å². The lowest BCUT2D eigenvalue weighted by Crippen LogP contribution is -2.21. The fourth-order valence-electron chi connectivity index (χ4n) is 3.47. The highest BCUT2D eigenvalue weighted by molar-refractivity contribution is 5.26. The SMILES string of the molecule is CCC1CCC(n2nc(C)c(CC(C)N)c2C)CC1. The lowest BCUT2D eigenvalue weighted by atomic mass is 9.84. The smallest absolute Gasteiger partial charge is 0.0629 e. The second-order valence-corrected chi connectivity index (χ2v) is 6.36. The third-order valence-corrected chi connectivity index (χ3v) is 4.74. The van der Waals surface area contributed by atoms with Gasteiger partial charge in [-0.05, 0) is 64.4 Å². The Balaban J connectivity index is 2.13. The van der Waals surface area contributed by atoms with E-state index in [2.05, 4.69) is 32.4 Å². The monoisotopic (exact) mass is 263 g/mol. The van der Waals surface area contributed by atoms with Crippen LogP contribution in [-0.4, -0.2) is 15.8 Å². The van der Waals surface area contributed by atoms with Crippen LogP contribution in [0.15, 0.2) is 0 Å². The summed E-state index contributed by atoms with van der Waals surface area (Å²) in [6, 6.07) is 0.828. The van der Waals surface area contributed by atoms with E-state index in [1.807, 2.05) is 0 Å². The molecule has 0 radical (unpaired) electrons. The van der Waals surface area contributed by atoms with Gasteiger partial charge in [-0.15, -0.1) is 0 Å². The zero-order chi connectivity index (χ0) is 14.0. The number of hydrogen-bond acceptors (Lipinski definition) is 2. The first kappa shape index (κ1) is 14.6. The molecule has 1 fully saturated rings. The van der Waals surface area contributed by atoms with Crippen LogP contribution in [0.1, 0.15) is 68.9 Å². The van der Waals surface area contributed by atoms with Crippen LogP contribution >= 0.6 is 0 Å². The van der Waals surface area contributed by atoms with Gasteiger partial charge in [0.05, 0.1) is 11.7 Å². The first-order valence-electron chi connectivity index (χ1n) is 7.83. The Morgan fingerprint density at radius 3 is 2.42 bits per heavy atom. The van der Waals surface area contributed by atoms with Gasteiger partial charge in [0.25, 0.3) is 0 Å². The van der Waals surface area contributed by atoms with E-state index < -0.39 is 0 Å². The molecule has 2 rings (SSSR count). The van der Waals surface area contributed by atoms with Gasteiger partial charge in [-0.1, -0.05) is 13.3 Å². The number of hydrogen-bond donors (Lipinski definition) is 1. The Morgan fingerprint density at radius 2 is 1.89 bits per heavy atom. The van der Waals surface area contributed by atoms with Gasteiger partial charge in [0.1, 0.15) is 0 Å². The second-order valence-electron chi connectivity index (χ2n) is 6.36. The first-order valence-corrected chi connectivity index (χ1v) is 7.83. The summed E-state index contributed by atoms with van der Waals surface area (Å²) < 4.78 is 2.29. The molecule has 2 N–H and O–H groups in total. The zero-order valence-corrected chi connectivity index (χ0v) is 12.9. The van der Waals surface area contributed by atoms with Crippen molar-refractivity contribution in [3.63, 3.8) is 0 Å². The highest BCUT2D eigenvalue weighted by atomic mass is 15.3. The molecule has 0 bridgehead atoms. The predicted molar refractivity (Wildman–Crippen MR) is 80.3 cm³/mol. The van der Waals surface area contributed by atoms with E-state index in [-0.39, 0.29) is 6.04 Å². The minimum Gasteiger partial charge on any atom is -0.328 e. The van der Waals surface area contributed by atoms with Gasteiger partial charge in [-0.2, -0.15) is 5.10 Å². The topological polar surface area (TPSA) is 43.8 Å². The molecule has 1 aromatic rings. The van der Waals surface area contributed by atoms with Gasteiger partial charge in [0.15, 0.2) is 0 Å². The van der Waals surface area contributed by atoms with E-state index in [1.165, 1.54) is 49.1 Å². The summed E-state index contributed by atoms with van der Waals surface area (Å²) in [5.41, 5.74) is 9.83. The predicted octanol–water partition coefficient (Wildman–Crippen LogP) is 3.53. The Labute approximate surface area is 117 Å². The quantitative estimate of drug-likeness (QED) is 0.903. The minimum absolute atomic E-state index is 0.214. The van der Waals surface area contributed by atoms with Gasteiger partial charge in [0.2, 0.25) is 0 Å². The largest absolute Gasteiger partial charge is 0.328 e. The molecule has 0 amide bonds. The number of aryl methyl sites for hydroxylation is 1. The molecule has 0 spiro atoms. The maximum atomic E-state index is 5.95. The van der Waals surface area contributed by atoms with Crippen LogP contribution in [0.3, 0.4) is 0 Å². The van der Waals surface area contributed by atoms with Crippen molar-refractivity contribution in [2.45, 2.75) is 78.3 Å². The minimum atomic E-state index is 0.214. The van der Waals surface area contributed by atoms with Crippen molar-refractivity contribution >= 4 is 0 Å². The summed E-state index contributed by atoms with van der Waals surface area (Å²) in [5, 5.41) is 4.80. The molecule has 1 aliphatic rings. The first-order chi connectivity index (χ1) is 9.02. The molecule has 0 aliphatic heterocycles. The van der Waals surface area contributed by atoms with E-state index in [4.69, 9.17) is 10.8 Å². The Bertz CT molecular complexity index is 412. The third-order valence-electron chi connectivity index (χ3n) is 4.74. The highest BCUT2D eigenvalue weighted by Gasteiger charge is 2.24. The Kier molecular flexibility index (Phi) is 4.67. The van der Waals surface area contributed by atoms with Crippen LogP contribution in [0, 0.1) is 19.8 Å². The van der Waals surface area contributed by atoms with Gasteiger partial charge in [0, 0.05) is 11.7 Å². The van der Waals surface area contributed by atoms with Crippen LogP contribution in [0.2, 0.25) is 0 Å². The van der Waals surface area contributed by atoms with E-state index in [1.54, 1.807) is 0 Å². The molecule has 1 aliphatic carbocycles. The molecule has 1 saturated carbocycles. The standard InChI is InChI=1S/C16H29N3/c1-5-14-6-8-15(9-7-14)19-13(4)16(10-11(2)17)12(3)18-19/h11,14-15H,5-10,17H2,1-4H3. The van der Waals surface area contributed by atoms with Crippen LogP contribution < -0.4 is 5.73 Å². The molecule has 3 nitrogen and oxygen atoms in total. The summed E-state index contributed by atoms with van der Waals surface area (Å²) >= 11 is 0. The van der Waals surface area contributed by atoms with Crippen molar-refractivity contribution < 1.29 is 0 Å².